The third-order valence-electron chi connectivity index (χ3n) is 1.99. The molecule has 0 radical (unpaired) electrons. The van der Waals surface area contributed by atoms with Crippen molar-refractivity contribution in [1.82, 2.24) is 0 Å². The average Bonchev–Trinajstić information content (AvgIpc) is 2.94. The van der Waals surface area contributed by atoms with Crippen molar-refractivity contribution in [3.8, 4) is 0 Å². The number of epoxide rings is 3. The van der Waals surface area contributed by atoms with Crippen LogP contribution in [-0.4, -0.2) is 37.1 Å². The van der Waals surface area contributed by atoms with Gasteiger partial charge in [0.05, 0.1) is 31.5 Å². The normalized spacial score (nSPS) is 41.1. The molecule has 4 heteroatoms. The van der Waals surface area contributed by atoms with Gasteiger partial charge in [0.15, 0.2) is 5.56 Å². The Morgan fingerprint density at radius 1 is 1.21 bits per heavy atom. The first-order valence-corrected chi connectivity index (χ1v) is 5.59. The van der Waals surface area contributed by atoms with Gasteiger partial charge >= 0.3 is 0 Å². The minimum absolute atomic E-state index is 0.0231. The molecule has 3 heterocycles. The second-order valence-corrected chi connectivity index (χ2v) is 4.13. The lowest BCUT2D eigenvalue weighted by atomic mass is 10.4. The van der Waals surface area contributed by atoms with E-state index in [0.717, 1.165) is 13.2 Å². The molecule has 3 nitrogen and oxygen atoms in total. The van der Waals surface area contributed by atoms with Gasteiger partial charge in [-0.2, -0.15) is 0 Å². The Kier molecular flexibility index (Phi) is 5.17. The molecule has 0 bridgehead atoms. The number of halogens is 1. The maximum absolute atomic E-state index is 5.31. The molecule has 3 rings (SSSR count). The molecule has 0 amide bonds. The minimum Gasteiger partial charge on any atom is -0.373 e. The van der Waals surface area contributed by atoms with Crippen molar-refractivity contribution in [2.75, 3.05) is 13.2 Å². The van der Waals surface area contributed by atoms with Crippen LogP contribution in [0.2, 0.25) is 0 Å². The molecule has 3 fully saturated rings. The van der Waals surface area contributed by atoms with E-state index in [1.54, 1.807) is 0 Å². The Morgan fingerprint density at radius 3 is 1.57 bits per heavy atom. The smallest absolute Gasteiger partial charge is 0.157 e. The first kappa shape index (κ1) is 12.2. The predicted octanol–water partition coefficient (Wildman–Crippen LogP) is 2.17. The molecule has 0 N–H and O–H groups in total. The predicted molar refractivity (Wildman–Crippen MR) is 55.6 cm³/mol. The monoisotopic (exact) mass is 222 g/mol. The molecule has 84 valence electrons. The van der Waals surface area contributed by atoms with Crippen molar-refractivity contribution in [3.05, 3.63) is 0 Å². The van der Waals surface area contributed by atoms with E-state index in [1.165, 1.54) is 6.42 Å². The molecule has 4 atom stereocenters. The highest BCUT2D eigenvalue weighted by Gasteiger charge is 2.30. The van der Waals surface area contributed by atoms with Gasteiger partial charge in [0.1, 0.15) is 0 Å². The standard InChI is InChI=1S/C4H8O.C3H5ClO.C3H6O/c1-2-4-3-5-4;1-2-3(4)5-2;1-3-2-4-3/h4H,2-3H2,1H3;2-3H,1H3;3H,2H2,1H3. The van der Waals surface area contributed by atoms with Gasteiger partial charge in [-0.25, -0.2) is 0 Å². The van der Waals surface area contributed by atoms with Gasteiger partial charge in [-0.1, -0.05) is 18.5 Å². The summed E-state index contributed by atoms with van der Waals surface area (Å²) < 4.78 is 14.2. The second kappa shape index (κ2) is 5.91. The first-order chi connectivity index (χ1) is 6.63. The minimum atomic E-state index is 0.0231. The van der Waals surface area contributed by atoms with E-state index in [2.05, 4.69) is 18.6 Å². The van der Waals surface area contributed by atoms with Crippen LogP contribution in [-0.2, 0) is 14.2 Å². The van der Waals surface area contributed by atoms with Gasteiger partial charge < -0.3 is 14.2 Å². The highest BCUT2D eigenvalue weighted by atomic mass is 35.5. The van der Waals surface area contributed by atoms with Gasteiger partial charge in [0.2, 0.25) is 0 Å². The van der Waals surface area contributed by atoms with Crippen LogP contribution in [0.3, 0.4) is 0 Å². The third kappa shape index (κ3) is 7.56. The van der Waals surface area contributed by atoms with Crippen molar-refractivity contribution in [2.45, 2.75) is 51.1 Å². The molecule has 0 spiro atoms. The van der Waals surface area contributed by atoms with E-state index in [9.17, 15) is 0 Å². The van der Waals surface area contributed by atoms with Crippen LogP contribution in [0.4, 0.5) is 0 Å². The highest BCUT2D eigenvalue weighted by Crippen LogP contribution is 2.23. The van der Waals surface area contributed by atoms with Gasteiger partial charge in [0.25, 0.3) is 0 Å². The number of ether oxygens (including phenoxy) is 3. The molecule has 0 aromatic heterocycles. The first-order valence-electron chi connectivity index (χ1n) is 5.16. The van der Waals surface area contributed by atoms with Gasteiger partial charge in [-0.05, 0) is 20.3 Å². The van der Waals surface area contributed by atoms with Crippen LogP contribution in [0.1, 0.15) is 27.2 Å². The summed E-state index contributed by atoms with van der Waals surface area (Å²) in [5.74, 6) is 0. The van der Waals surface area contributed by atoms with Crippen molar-refractivity contribution in [3.63, 3.8) is 0 Å². The average molecular weight is 223 g/mol. The molecule has 0 saturated carbocycles. The fourth-order valence-corrected chi connectivity index (χ4v) is 0.722. The SMILES string of the molecule is CC1CO1.CC1OC1Cl.CCC1CO1. The largest absolute Gasteiger partial charge is 0.373 e. The van der Waals surface area contributed by atoms with Crippen LogP contribution in [0.5, 0.6) is 0 Å². The summed E-state index contributed by atoms with van der Waals surface area (Å²) in [7, 11) is 0. The molecule has 14 heavy (non-hydrogen) atoms. The zero-order chi connectivity index (χ0) is 10.6. The van der Waals surface area contributed by atoms with E-state index in [1.807, 2.05) is 6.92 Å². The molecule has 4 unspecified atom stereocenters. The Morgan fingerprint density at radius 2 is 1.57 bits per heavy atom. The summed E-state index contributed by atoms with van der Waals surface area (Å²) >= 11 is 5.31. The summed E-state index contributed by atoms with van der Waals surface area (Å²) in [5, 5.41) is 0. The van der Waals surface area contributed by atoms with Crippen LogP contribution >= 0.6 is 11.6 Å². The molecule has 0 aromatic rings. The second-order valence-electron chi connectivity index (χ2n) is 3.70. The van der Waals surface area contributed by atoms with Crippen molar-refractivity contribution >= 4 is 11.6 Å². The summed E-state index contributed by atoms with van der Waals surface area (Å²) in [5.41, 5.74) is 0.0231. The topological polar surface area (TPSA) is 37.6 Å². The quantitative estimate of drug-likeness (QED) is 0.504. The van der Waals surface area contributed by atoms with E-state index >= 15 is 0 Å². The molecular formula is C10H19ClO3. The Hall–Kier alpha value is 0.170. The lowest BCUT2D eigenvalue weighted by Gasteiger charge is -1.69. The highest BCUT2D eigenvalue weighted by molar-refractivity contribution is 6.21. The summed E-state index contributed by atoms with van der Waals surface area (Å²) in [6, 6.07) is 0. The molecule has 3 saturated heterocycles. The summed E-state index contributed by atoms with van der Waals surface area (Å²) in [4.78, 5) is 0. The van der Waals surface area contributed by atoms with Crippen LogP contribution in [0.25, 0.3) is 0 Å². The third-order valence-corrected chi connectivity index (χ3v) is 2.45. The zero-order valence-electron chi connectivity index (χ0n) is 9.03. The lowest BCUT2D eigenvalue weighted by molar-refractivity contribution is 0.403. The Balaban J connectivity index is 0.000000106. The lowest BCUT2D eigenvalue weighted by Crippen LogP contribution is -1.73. The zero-order valence-corrected chi connectivity index (χ0v) is 9.79. The van der Waals surface area contributed by atoms with E-state index in [-0.39, 0.29) is 5.56 Å². The Labute approximate surface area is 90.7 Å². The maximum Gasteiger partial charge on any atom is 0.157 e. The Bertz CT molecular complexity index is 151. The molecule has 3 aliphatic rings. The van der Waals surface area contributed by atoms with Crippen LogP contribution < -0.4 is 0 Å². The van der Waals surface area contributed by atoms with Gasteiger partial charge in [-0.15, -0.1) is 0 Å². The summed E-state index contributed by atoms with van der Waals surface area (Å²) in [6.07, 6.45) is 2.73. The number of hydrogen-bond donors (Lipinski definition) is 0. The van der Waals surface area contributed by atoms with Gasteiger partial charge in [0, 0.05) is 0 Å². The molecule has 0 aromatic carbocycles. The van der Waals surface area contributed by atoms with E-state index in [0.29, 0.717) is 18.3 Å². The fourth-order valence-electron chi connectivity index (χ4n) is 0.560. The van der Waals surface area contributed by atoms with Crippen LogP contribution in [0.15, 0.2) is 0 Å². The van der Waals surface area contributed by atoms with Crippen LogP contribution in [0, 0.1) is 0 Å². The van der Waals surface area contributed by atoms with Crippen molar-refractivity contribution in [2.24, 2.45) is 0 Å². The van der Waals surface area contributed by atoms with Crippen molar-refractivity contribution < 1.29 is 14.2 Å². The number of rotatable bonds is 1. The molecule has 0 aliphatic carbocycles. The number of alkyl halides is 1. The molecule has 3 aliphatic heterocycles. The van der Waals surface area contributed by atoms with E-state index < -0.39 is 0 Å². The fraction of sp³-hybridized carbons (Fsp3) is 1.00. The van der Waals surface area contributed by atoms with Crippen molar-refractivity contribution in [1.29, 1.82) is 0 Å². The number of hydrogen-bond acceptors (Lipinski definition) is 3. The maximum atomic E-state index is 5.31. The van der Waals surface area contributed by atoms with Gasteiger partial charge in [-0.3, -0.25) is 0 Å². The summed E-state index contributed by atoms with van der Waals surface area (Å²) in [6.45, 7) is 8.13. The van der Waals surface area contributed by atoms with E-state index in [4.69, 9.17) is 21.1 Å². The molecular weight excluding hydrogens is 204 g/mol.